The van der Waals surface area contributed by atoms with Crippen LogP contribution in [0, 0.1) is 0 Å². The summed E-state index contributed by atoms with van der Waals surface area (Å²) in [6.07, 6.45) is 0. The van der Waals surface area contributed by atoms with Gasteiger partial charge in [0.15, 0.2) is 0 Å². The molecule has 0 radical (unpaired) electrons. The predicted octanol–water partition coefficient (Wildman–Crippen LogP) is 4.75. The molecule has 2 aromatic rings. The summed E-state index contributed by atoms with van der Waals surface area (Å²) in [6, 6.07) is 12.7. The van der Waals surface area contributed by atoms with Crippen LogP contribution in [-0.4, -0.2) is 43.7 Å². The van der Waals surface area contributed by atoms with E-state index in [1.165, 1.54) is 0 Å². The molecular formula is C19H21Cl2N3O2. The SMILES string of the molecule is CCOc1ccc(NC(=O)N2CCN(c3cc(Cl)ccc3Cl)CC2)cc1. The van der Waals surface area contributed by atoms with Crippen molar-refractivity contribution in [3.05, 3.63) is 52.5 Å². The zero-order valence-electron chi connectivity index (χ0n) is 14.5. The van der Waals surface area contributed by atoms with Crippen LogP contribution in [0.1, 0.15) is 6.92 Å². The Morgan fingerprint density at radius 1 is 1.08 bits per heavy atom. The Labute approximate surface area is 163 Å². The lowest BCUT2D eigenvalue weighted by Gasteiger charge is -2.36. The largest absolute Gasteiger partial charge is 0.494 e. The van der Waals surface area contributed by atoms with Crippen molar-refractivity contribution in [3.63, 3.8) is 0 Å². The van der Waals surface area contributed by atoms with Gasteiger partial charge in [0.2, 0.25) is 0 Å². The van der Waals surface area contributed by atoms with E-state index in [2.05, 4.69) is 10.2 Å². The number of urea groups is 1. The van der Waals surface area contributed by atoms with Crippen LogP contribution in [0.3, 0.4) is 0 Å². The third kappa shape index (κ3) is 4.54. The summed E-state index contributed by atoms with van der Waals surface area (Å²) in [5.74, 6) is 0.789. The number of nitrogens with one attached hydrogen (secondary N) is 1. The third-order valence-corrected chi connectivity index (χ3v) is 4.79. The average Bonchev–Trinajstić information content (AvgIpc) is 2.66. The first-order valence-corrected chi connectivity index (χ1v) is 9.31. The number of carbonyl (C=O) groups excluding carboxylic acids is 1. The second-order valence-corrected chi connectivity index (χ2v) is 6.80. The minimum atomic E-state index is -0.106. The number of carbonyl (C=O) groups is 1. The molecule has 26 heavy (non-hydrogen) atoms. The van der Waals surface area contributed by atoms with Crippen molar-refractivity contribution in [2.75, 3.05) is 43.0 Å². The number of amides is 2. The Hall–Kier alpha value is -2.11. The molecule has 0 bridgehead atoms. The van der Waals surface area contributed by atoms with Crippen molar-refractivity contribution in [2.45, 2.75) is 6.92 Å². The minimum Gasteiger partial charge on any atom is -0.494 e. The van der Waals surface area contributed by atoms with E-state index in [-0.39, 0.29) is 6.03 Å². The van der Waals surface area contributed by atoms with Crippen LogP contribution in [0.15, 0.2) is 42.5 Å². The van der Waals surface area contributed by atoms with Crippen LogP contribution in [0.4, 0.5) is 16.2 Å². The number of nitrogens with zero attached hydrogens (tertiary/aromatic N) is 2. The van der Waals surface area contributed by atoms with Gasteiger partial charge in [0.05, 0.1) is 17.3 Å². The number of halogens is 2. The van der Waals surface area contributed by atoms with E-state index < -0.39 is 0 Å². The Morgan fingerprint density at radius 2 is 1.77 bits per heavy atom. The molecule has 1 N–H and O–H groups in total. The molecule has 1 saturated heterocycles. The smallest absolute Gasteiger partial charge is 0.321 e. The molecule has 1 heterocycles. The molecule has 2 amide bonds. The van der Waals surface area contributed by atoms with Crippen LogP contribution in [-0.2, 0) is 0 Å². The van der Waals surface area contributed by atoms with Crippen LogP contribution in [0.25, 0.3) is 0 Å². The Morgan fingerprint density at radius 3 is 2.42 bits per heavy atom. The lowest BCUT2D eigenvalue weighted by Crippen LogP contribution is -2.50. The number of anilines is 2. The number of benzene rings is 2. The molecule has 1 aliphatic heterocycles. The second-order valence-electron chi connectivity index (χ2n) is 5.96. The first-order chi connectivity index (χ1) is 12.6. The van der Waals surface area contributed by atoms with Gasteiger partial charge >= 0.3 is 6.03 Å². The molecular weight excluding hydrogens is 373 g/mol. The maximum Gasteiger partial charge on any atom is 0.321 e. The van der Waals surface area contributed by atoms with Crippen LogP contribution in [0.2, 0.25) is 10.0 Å². The molecule has 5 nitrogen and oxygen atoms in total. The highest BCUT2D eigenvalue weighted by Crippen LogP contribution is 2.29. The summed E-state index contributed by atoms with van der Waals surface area (Å²) in [5, 5.41) is 4.24. The Bertz CT molecular complexity index is 760. The summed E-state index contributed by atoms with van der Waals surface area (Å²) >= 11 is 12.3. The molecule has 0 saturated carbocycles. The molecule has 3 rings (SSSR count). The van der Waals surface area contributed by atoms with Crippen LogP contribution >= 0.6 is 23.2 Å². The maximum absolute atomic E-state index is 12.5. The van der Waals surface area contributed by atoms with Gasteiger partial charge in [-0.2, -0.15) is 0 Å². The van der Waals surface area contributed by atoms with Gasteiger partial charge in [0, 0.05) is 36.9 Å². The number of hydrogen-bond donors (Lipinski definition) is 1. The fraction of sp³-hybridized carbons (Fsp3) is 0.316. The molecule has 2 aromatic carbocycles. The minimum absolute atomic E-state index is 0.106. The van der Waals surface area contributed by atoms with E-state index in [1.54, 1.807) is 17.0 Å². The molecule has 1 aliphatic rings. The van der Waals surface area contributed by atoms with Gasteiger partial charge < -0.3 is 19.9 Å². The lowest BCUT2D eigenvalue weighted by atomic mass is 10.2. The lowest BCUT2D eigenvalue weighted by molar-refractivity contribution is 0.208. The van der Waals surface area contributed by atoms with Crippen molar-refractivity contribution in [1.82, 2.24) is 4.90 Å². The summed E-state index contributed by atoms with van der Waals surface area (Å²) < 4.78 is 5.41. The van der Waals surface area contributed by atoms with Gasteiger partial charge in [-0.25, -0.2) is 4.79 Å². The molecule has 0 unspecified atom stereocenters. The standard InChI is InChI=1S/C19H21Cl2N3O2/c1-2-26-16-6-4-15(5-7-16)22-19(25)24-11-9-23(10-12-24)18-13-14(20)3-8-17(18)21/h3-8,13H,2,9-12H2,1H3,(H,22,25). The first kappa shape index (κ1) is 18.7. The zero-order valence-corrected chi connectivity index (χ0v) is 16.1. The summed E-state index contributed by atoms with van der Waals surface area (Å²) in [4.78, 5) is 16.4. The predicted molar refractivity (Wildman–Crippen MR) is 107 cm³/mol. The highest BCUT2D eigenvalue weighted by Gasteiger charge is 2.22. The second kappa shape index (κ2) is 8.52. The molecule has 0 atom stereocenters. The number of piperazine rings is 1. The monoisotopic (exact) mass is 393 g/mol. The fourth-order valence-corrected chi connectivity index (χ4v) is 3.29. The molecule has 1 fully saturated rings. The van der Waals surface area contributed by atoms with E-state index in [0.29, 0.717) is 42.8 Å². The quantitative estimate of drug-likeness (QED) is 0.814. The summed E-state index contributed by atoms with van der Waals surface area (Å²) in [7, 11) is 0. The maximum atomic E-state index is 12.5. The van der Waals surface area contributed by atoms with E-state index in [1.807, 2.05) is 37.3 Å². The van der Waals surface area contributed by atoms with E-state index in [9.17, 15) is 4.79 Å². The van der Waals surface area contributed by atoms with Gasteiger partial charge in [-0.1, -0.05) is 23.2 Å². The van der Waals surface area contributed by atoms with E-state index >= 15 is 0 Å². The van der Waals surface area contributed by atoms with Crippen LogP contribution < -0.4 is 15.0 Å². The Balaban J connectivity index is 1.55. The van der Waals surface area contributed by atoms with E-state index in [0.717, 1.165) is 17.1 Å². The third-order valence-electron chi connectivity index (χ3n) is 4.23. The molecule has 0 spiro atoms. The fourth-order valence-electron chi connectivity index (χ4n) is 2.88. The van der Waals surface area contributed by atoms with Crippen molar-refractivity contribution >= 4 is 40.6 Å². The Kier molecular flexibility index (Phi) is 6.12. The average molecular weight is 394 g/mol. The number of hydrogen-bond acceptors (Lipinski definition) is 3. The molecule has 138 valence electrons. The van der Waals surface area contributed by atoms with E-state index in [4.69, 9.17) is 27.9 Å². The van der Waals surface area contributed by atoms with Crippen LogP contribution in [0.5, 0.6) is 5.75 Å². The molecule has 7 heteroatoms. The van der Waals surface area contributed by atoms with Gasteiger partial charge in [0.25, 0.3) is 0 Å². The number of rotatable bonds is 4. The topological polar surface area (TPSA) is 44.8 Å². The normalized spacial score (nSPS) is 14.3. The molecule has 0 aromatic heterocycles. The van der Waals surface area contributed by atoms with Gasteiger partial charge in [-0.3, -0.25) is 0 Å². The van der Waals surface area contributed by atoms with Gasteiger partial charge in [-0.05, 0) is 49.4 Å². The van der Waals surface area contributed by atoms with Crippen molar-refractivity contribution < 1.29 is 9.53 Å². The van der Waals surface area contributed by atoms with Gasteiger partial charge in [-0.15, -0.1) is 0 Å². The number of ether oxygens (including phenoxy) is 1. The van der Waals surface area contributed by atoms with Crippen molar-refractivity contribution in [3.8, 4) is 5.75 Å². The highest BCUT2D eigenvalue weighted by molar-refractivity contribution is 6.35. The van der Waals surface area contributed by atoms with Crippen molar-refractivity contribution in [2.24, 2.45) is 0 Å². The zero-order chi connectivity index (χ0) is 18.5. The first-order valence-electron chi connectivity index (χ1n) is 8.55. The summed E-state index contributed by atoms with van der Waals surface area (Å²) in [5.41, 5.74) is 1.66. The summed E-state index contributed by atoms with van der Waals surface area (Å²) in [6.45, 7) is 5.20. The van der Waals surface area contributed by atoms with Crippen molar-refractivity contribution in [1.29, 1.82) is 0 Å². The highest BCUT2D eigenvalue weighted by atomic mass is 35.5. The van der Waals surface area contributed by atoms with Gasteiger partial charge in [0.1, 0.15) is 5.75 Å². The molecule has 0 aliphatic carbocycles.